The van der Waals surface area contributed by atoms with Crippen LogP contribution in [0.15, 0.2) is 59.1 Å². The second kappa shape index (κ2) is 4.94. The van der Waals surface area contributed by atoms with E-state index in [1.54, 1.807) is 0 Å². The van der Waals surface area contributed by atoms with Gasteiger partial charge in [0.2, 0.25) is 5.82 Å². The first kappa shape index (κ1) is 11.5. The van der Waals surface area contributed by atoms with E-state index >= 15 is 0 Å². The third kappa shape index (κ3) is 2.63. The summed E-state index contributed by atoms with van der Waals surface area (Å²) in [4.78, 5) is 4.32. The third-order valence-corrected chi connectivity index (χ3v) is 2.76. The first-order valence-corrected chi connectivity index (χ1v) is 6.04. The zero-order valence-electron chi connectivity index (χ0n) is 10.5. The van der Waals surface area contributed by atoms with Gasteiger partial charge in [-0.2, -0.15) is 4.98 Å². The lowest BCUT2D eigenvalue weighted by atomic mass is 10.1. The number of nitrogens with one attached hydrogen (secondary N) is 1. The predicted molar refractivity (Wildman–Crippen MR) is 74.2 cm³/mol. The minimum Gasteiger partial charge on any atom is -0.315 e. The van der Waals surface area contributed by atoms with Crippen LogP contribution < -0.4 is 5.32 Å². The minimum atomic E-state index is 0.391. The molecule has 0 saturated carbocycles. The monoisotopic (exact) mass is 251 g/mol. The highest BCUT2D eigenvalue weighted by molar-refractivity contribution is 5.58. The Hall–Kier alpha value is -2.62. The number of benzene rings is 2. The summed E-state index contributed by atoms with van der Waals surface area (Å²) in [6.07, 6.45) is 0. The van der Waals surface area contributed by atoms with Gasteiger partial charge in [0.1, 0.15) is 0 Å². The summed E-state index contributed by atoms with van der Waals surface area (Å²) in [6, 6.07) is 18.1. The Labute approximate surface area is 111 Å². The lowest BCUT2D eigenvalue weighted by Gasteiger charge is -1.98. The molecular formula is C15H13N3O. The fourth-order valence-corrected chi connectivity index (χ4v) is 1.74. The number of hydrogen-bond acceptors (Lipinski definition) is 4. The Morgan fingerprint density at radius 2 is 1.68 bits per heavy atom. The van der Waals surface area contributed by atoms with Gasteiger partial charge in [0.15, 0.2) is 0 Å². The first-order chi connectivity index (χ1) is 9.31. The molecule has 0 unspecified atom stereocenters. The van der Waals surface area contributed by atoms with E-state index < -0.39 is 0 Å². The molecule has 4 heteroatoms. The van der Waals surface area contributed by atoms with E-state index in [0.29, 0.717) is 11.8 Å². The van der Waals surface area contributed by atoms with Crippen LogP contribution in [-0.2, 0) is 0 Å². The van der Waals surface area contributed by atoms with Crippen molar-refractivity contribution in [1.29, 1.82) is 0 Å². The molecule has 0 aliphatic heterocycles. The van der Waals surface area contributed by atoms with Crippen LogP contribution >= 0.6 is 0 Å². The van der Waals surface area contributed by atoms with E-state index in [1.807, 2.05) is 61.5 Å². The molecule has 4 nitrogen and oxygen atoms in total. The molecule has 2 aromatic carbocycles. The molecule has 0 bridgehead atoms. The van der Waals surface area contributed by atoms with Crippen molar-refractivity contribution in [2.45, 2.75) is 6.92 Å². The summed E-state index contributed by atoms with van der Waals surface area (Å²) in [5.41, 5.74) is 3.06. The molecule has 0 radical (unpaired) electrons. The highest BCUT2D eigenvalue weighted by atomic mass is 16.5. The van der Waals surface area contributed by atoms with Crippen molar-refractivity contribution in [3.63, 3.8) is 0 Å². The molecule has 0 aliphatic carbocycles. The SMILES string of the molecule is Cc1ccc(-c2noc(Nc3ccccc3)n2)cc1. The summed E-state index contributed by atoms with van der Waals surface area (Å²) in [6.45, 7) is 2.04. The molecule has 0 atom stereocenters. The van der Waals surface area contributed by atoms with Gasteiger partial charge in [-0.25, -0.2) is 0 Å². The van der Waals surface area contributed by atoms with Gasteiger partial charge in [-0.05, 0) is 19.1 Å². The van der Waals surface area contributed by atoms with E-state index in [9.17, 15) is 0 Å². The quantitative estimate of drug-likeness (QED) is 0.769. The Bertz CT molecular complexity index is 659. The fraction of sp³-hybridized carbons (Fsp3) is 0.0667. The molecular weight excluding hydrogens is 238 g/mol. The smallest absolute Gasteiger partial charge is 0.315 e. The van der Waals surface area contributed by atoms with Crippen molar-refractivity contribution >= 4 is 11.7 Å². The van der Waals surface area contributed by atoms with E-state index in [2.05, 4.69) is 15.5 Å². The largest absolute Gasteiger partial charge is 0.326 e. The van der Waals surface area contributed by atoms with Crippen LogP contribution in [0.25, 0.3) is 11.4 Å². The van der Waals surface area contributed by atoms with Crippen molar-refractivity contribution in [2.24, 2.45) is 0 Å². The number of aromatic nitrogens is 2. The van der Waals surface area contributed by atoms with Gasteiger partial charge in [0, 0.05) is 11.3 Å². The summed E-state index contributed by atoms with van der Waals surface area (Å²) in [5, 5.41) is 7.03. The first-order valence-electron chi connectivity index (χ1n) is 6.04. The van der Waals surface area contributed by atoms with Crippen LogP contribution in [0, 0.1) is 6.92 Å². The fourth-order valence-electron chi connectivity index (χ4n) is 1.74. The van der Waals surface area contributed by atoms with Gasteiger partial charge in [0.05, 0.1) is 0 Å². The average molecular weight is 251 g/mol. The van der Waals surface area contributed by atoms with Crippen LogP contribution in [-0.4, -0.2) is 10.1 Å². The Morgan fingerprint density at radius 1 is 0.947 bits per heavy atom. The highest BCUT2D eigenvalue weighted by Gasteiger charge is 2.08. The van der Waals surface area contributed by atoms with E-state index in [4.69, 9.17) is 4.52 Å². The number of anilines is 2. The van der Waals surface area contributed by atoms with E-state index in [1.165, 1.54) is 5.56 Å². The lowest BCUT2D eigenvalue weighted by molar-refractivity contribution is 0.435. The molecule has 1 heterocycles. The van der Waals surface area contributed by atoms with E-state index in [0.717, 1.165) is 11.3 Å². The van der Waals surface area contributed by atoms with Crippen LogP contribution in [0.5, 0.6) is 0 Å². The molecule has 3 aromatic rings. The van der Waals surface area contributed by atoms with Gasteiger partial charge in [0.25, 0.3) is 0 Å². The maximum absolute atomic E-state index is 5.18. The minimum absolute atomic E-state index is 0.391. The van der Waals surface area contributed by atoms with Crippen molar-refractivity contribution in [1.82, 2.24) is 10.1 Å². The van der Waals surface area contributed by atoms with Gasteiger partial charge in [-0.1, -0.05) is 53.2 Å². The van der Waals surface area contributed by atoms with Gasteiger partial charge in [-0.3, -0.25) is 0 Å². The topological polar surface area (TPSA) is 51.0 Å². The summed E-state index contributed by atoms with van der Waals surface area (Å²) in [5.74, 6) is 0.582. The Balaban J connectivity index is 1.82. The molecule has 1 N–H and O–H groups in total. The molecule has 0 saturated heterocycles. The van der Waals surface area contributed by atoms with Crippen molar-refractivity contribution in [2.75, 3.05) is 5.32 Å². The second-order valence-electron chi connectivity index (χ2n) is 4.28. The van der Waals surface area contributed by atoms with Crippen molar-refractivity contribution in [3.8, 4) is 11.4 Å². The predicted octanol–water partition coefficient (Wildman–Crippen LogP) is 3.79. The Morgan fingerprint density at radius 3 is 2.42 bits per heavy atom. The van der Waals surface area contributed by atoms with Crippen LogP contribution in [0.2, 0.25) is 0 Å². The molecule has 0 amide bonds. The number of rotatable bonds is 3. The standard InChI is InChI=1S/C15H13N3O/c1-11-7-9-12(10-8-11)14-17-15(19-18-14)16-13-5-3-2-4-6-13/h2-10H,1H3,(H,16,17,18). The normalized spacial score (nSPS) is 10.4. The van der Waals surface area contributed by atoms with Gasteiger partial charge < -0.3 is 9.84 Å². The molecule has 19 heavy (non-hydrogen) atoms. The third-order valence-electron chi connectivity index (χ3n) is 2.76. The molecule has 94 valence electrons. The zero-order valence-corrected chi connectivity index (χ0v) is 10.5. The summed E-state index contributed by atoms with van der Waals surface area (Å²) in [7, 11) is 0. The lowest BCUT2D eigenvalue weighted by Crippen LogP contribution is -1.89. The molecule has 3 rings (SSSR count). The molecule has 0 fully saturated rings. The summed E-state index contributed by atoms with van der Waals surface area (Å²) >= 11 is 0. The number of nitrogens with zero attached hydrogens (tertiary/aromatic N) is 2. The van der Waals surface area contributed by atoms with Crippen LogP contribution in [0.4, 0.5) is 11.7 Å². The van der Waals surface area contributed by atoms with Crippen molar-refractivity contribution < 1.29 is 4.52 Å². The molecule has 1 aromatic heterocycles. The molecule has 0 aliphatic rings. The molecule has 0 spiro atoms. The second-order valence-corrected chi connectivity index (χ2v) is 4.28. The highest BCUT2D eigenvalue weighted by Crippen LogP contribution is 2.20. The van der Waals surface area contributed by atoms with Gasteiger partial charge >= 0.3 is 6.01 Å². The Kier molecular flexibility index (Phi) is 2.98. The van der Waals surface area contributed by atoms with Gasteiger partial charge in [-0.15, -0.1) is 0 Å². The maximum Gasteiger partial charge on any atom is 0.326 e. The number of para-hydroxylation sites is 1. The summed E-state index contributed by atoms with van der Waals surface area (Å²) < 4.78 is 5.18. The maximum atomic E-state index is 5.18. The average Bonchev–Trinajstić information content (AvgIpc) is 2.89. The van der Waals surface area contributed by atoms with Crippen molar-refractivity contribution in [3.05, 3.63) is 60.2 Å². The van der Waals surface area contributed by atoms with Crippen LogP contribution in [0.3, 0.4) is 0 Å². The zero-order chi connectivity index (χ0) is 13.1. The number of hydrogen-bond donors (Lipinski definition) is 1. The number of aryl methyl sites for hydroxylation is 1. The van der Waals surface area contributed by atoms with E-state index in [-0.39, 0.29) is 0 Å². The van der Waals surface area contributed by atoms with Crippen LogP contribution in [0.1, 0.15) is 5.56 Å².